The first-order chi connectivity index (χ1) is 17.1. The van der Waals surface area contributed by atoms with Crippen LogP contribution in [0.15, 0.2) is 45.9 Å². The van der Waals surface area contributed by atoms with Gasteiger partial charge in [-0.3, -0.25) is 19.8 Å². The molecule has 0 radical (unpaired) electrons. The Hall–Kier alpha value is -4.25. The van der Waals surface area contributed by atoms with Crippen molar-refractivity contribution in [3.05, 3.63) is 75.2 Å². The minimum absolute atomic E-state index is 0.155. The van der Waals surface area contributed by atoms with E-state index < -0.39 is 24.1 Å². The summed E-state index contributed by atoms with van der Waals surface area (Å²) in [4.78, 5) is 34.6. The van der Waals surface area contributed by atoms with Crippen molar-refractivity contribution < 1.29 is 18.4 Å². The molecule has 2 unspecified atom stereocenters. The minimum Gasteiger partial charge on any atom is -0.455 e. The Morgan fingerprint density at radius 1 is 1.19 bits per heavy atom. The zero-order chi connectivity index (χ0) is 25.7. The highest BCUT2D eigenvalue weighted by atomic mass is 19.1. The predicted molar refractivity (Wildman–Crippen MR) is 131 cm³/mol. The molecule has 1 aliphatic heterocycles. The van der Waals surface area contributed by atoms with Crippen LogP contribution in [0.5, 0.6) is 0 Å². The van der Waals surface area contributed by atoms with Gasteiger partial charge in [0.25, 0.3) is 0 Å². The lowest BCUT2D eigenvalue weighted by Gasteiger charge is -2.23. The number of aromatic nitrogens is 3. The van der Waals surface area contributed by atoms with Crippen LogP contribution in [-0.4, -0.2) is 33.0 Å². The zero-order valence-electron chi connectivity index (χ0n) is 20.4. The van der Waals surface area contributed by atoms with Crippen molar-refractivity contribution in [2.75, 3.05) is 12.4 Å². The van der Waals surface area contributed by atoms with Gasteiger partial charge in [0.2, 0.25) is 0 Å². The molecular formula is C25H25FN6O4. The zero-order valence-corrected chi connectivity index (χ0v) is 20.4. The second kappa shape index (κ2) is 8.76. The lowest BCUT2D eigenvalue weighted by atomic mass is 10.0. The Labute approximate surface area is 205 Å². The molecular weight excluding hydrogens is 467 g/mol. The van der Waals surface area contributed by atoms with Crippen molar-refractivity contribution in [3.63, 3.8) is 0 Å². The van der Waals surface area contributed by atoms with E-state index in [1.54, 1.807) is 38.1 Å². The van der Waals surface area contributed by atoms with Crippen LogP contribution in [0.1, 0.15) is 41.6 Å². The van der Waals surface area contributed by atoms with Crippen molar-refractivity contribution in [1.82, 2.24) is 25.1 Å². The van der Waals surface area contributed by atoms with E-state index in [0.717, 1.165) is 5.69 Å². The molecule has 1 amide bonds. The van der Waals surface area contributed by atoms with E-state index in [1.807, 2.05) is 26.0 Å². The number of fused-ring (bicyclic) bond motifs is 1. The molecule has 10 nitrogen and oxygen atoms in total. The minimum atomic E-state index is -0.617. The number of benzene rings is 1. The third-order valence-electron chi connectivity index (χ3n) is 6.19. The lowest BCUT2D eigenvalue weighted by molar-refractivity contribution is -0.0678. The van der Waals surface area contributed by atoms with Crippen LogP contribution in [0.3, 0.4) is 0 Å². The maximum Gasteiger partial charge on any atom is 0.428 e. The standard InChI is InChI=1S/C25H25FN6O4/c1-12-6-7-19(20(28-12)24-30-25(34)36-32(24)5)29-14(3)17-8-16(26)9-18-21(33)13(2)22(35-23(17)18)15-10-27-31(4)11-15/h6-11,14,24,29H,1-5H3,(H,30,34). The van der Waals surface area contributed by atoms with Gasteiger partial charge in [-0.2, -0.15) is 5.10 Å². The van der Waals surface area contributed by atoms with Crippen molar-refractivity contribution in [1.29, 1.82) is 0 Å². The molecule has 0 aliphatic carbocycles. The number of carbonyl (C=O) groups excluding carboxylic acids is 1. The topological polar surface area (TPSA) is 115 Å². The number of anilines is 1. The van der Waals surface area contributed by atoms with Crippen LogP contribution < -0.4 is 16.1 Å². The smallest absolute Gasteiger partial charge is 0.428 e. The molecule has 0 bridgehead atoms. The fourth-order valence-corrected chi connectivity index (χ4v) is 4.39. The van der Waals surface area contributed by atoms with Crippen LogP contribution in [0.25, 0.3) is 22.3 Å². The summed E-state index contributed by atoms with van der Waals surface area (Å²) in [5, 5.41) is 11.8. The van der Waals surface area contributed by atoms with Crippen molar-refractivity contribution in [2.45, 2.75) is 33.0 Å². The van der Waals surface area contributed by atoms with Gasteiger partial charge in [-0.25, -0.2) is 9.18 Å². The number of aryl methyl sites for hydroxylation is 2. The predicted octanol–water partition coefficient (Wildman–Crippen LogP) is 4.10. The third kappa shape index (κ3) is 4.07. The molecule has 0 saturated carbocycles. The lowest BCUT2D eigenvalue weighted by Crippen LogP contribution is -2.27. The molecule has 2 atom stereocenters. The summed E-state index contributed by atoms with van der Waals surface area (Å²) in [6.45, 7) is 5.32. The number of hydrogen-bond acceptors (Lipinski definition) is 8. The van der Waals surface area contributed by atoms with Crippen LogP contribution in [0, 0.1) is 19.7 Å². The van der Waals surface area contributed by atoms with Gasteiger partial charge in [0.1, 0.15) is 22.9 Å². The highest BCUT2D eigenvalue weighted by molar-refractivity contribution is 5.84. The molecule has 186 valence electrons. The number of hydroxylamine groups is 2. The Bertz CT molecular complexity index is 1560. The summed E-state index contributed by atoms with van der Waals surface area (Å²) in [5.74, 6) is -0.170. The SMILES string of the molecule is Cc1ccc(NC(C)c2cc(F)cc3c(=O)c(C)c(-c4cnn(C)c4)oc23)c(C2NC(=O)ON2C)n1. The van der Waals surface area contributed by atoms with E-state index in [9.17, 15) is 14.0 Å². The second-order valence-corrected chi connectivity index (χ2v) is 8.88. The molecule has 2 N–H and O–H groups in total. The Balaban J connectivity index is 1.61. The summed E-state index contributed by atoms with van der Waals surface area (Å²) in [6.07, 6.45) is 2.16. The number of hydrogen-bond donors (Lipinski definition) is 2. The Morgan fingerprint density at radius 2 is 1.97 bits per heavy atom. The van der Waals surface area contributed by atoms with Crippen molar-refractivity contribution >= 4 is 22.7 Å². The van der Waals surface area contributed by atoms with Gasteiger partial charge in [0.05, 0.1) is 28.9 Å². The number of halogens is 1. The van der Waals surface area contributed by atoms with Crippen LogP contribution in [0.2, 0.25) is 0 Å². The van der Waals surface area contributed by atoms with Crippen LogP contribution in [0.4, 0.5) is 14.9 Å². The molecule has 36 heavy (non-hydrogen) atoms. The van der Waals surface area contributed by atoms with Gasteiger partial charge in [0.15, 0.2) is 11.6 Å². The van der Waals surface area contributed by atoms with Gasteiger partial charge in [-0.05, 0) is 45.0 Å². The van der Waals surface area contributed by atoms with E-state index in [1.165, 1.54) is 17.2 Å². The summed E-state index contributed by atoms with van der Waals surface area (Å²) >= 11 is 0. The second-order valence-electron chi connectivity index (χ2n) is 8.88. The van der Waals surface area contributed by atoms with Crippen LogP contribution in [-0.2, 0) is 11.9 Å². The Kier molecular flexibility index (Phi) is 5.71. The summed E-state index contributed by atoms with van der Waals surface area (Å²) in [7, 11) is 3.39. The van der Waals surface area contributed by atoms with Crippen LogP contribution >= 0.6 is 0 Å². The maximum absolute atomic E-state index is 14.7. The van der Waals surface area contributed by atoms with Gasteiger partial charge < -0.3 is 14.6 Å². The molecule has 1 aliphatic rings. The summed E-state index contributed by atoms with van der Waals surface area (Å²) in [6, 6.07) is 5.69. The van der Waals surface area contributed by atoms with E-state index in [4.69, 9.17) is 9.25 Å². The molecule has 4 aromatic rings. The molecule has 1 saturated heterocycles. The number of nitrogens with zero attached hydrogens (tertiary/aromatic N) is 4. The van der Waals surface area contributed by atoms with Gasteiger partial charge >= 0.3 is 6.09 Å². The number of rotatable bonds is 5. The monoisotopic (exact) mass is 492 g/mol. The Morgan fingerprint density at radius 3 is 2.64 bits per heavy atom. The average molecular weight is 493 g/mol. The molecule has 0 spiro atoms. The fraction of sp³-hybridized carbons (Fsp3) is 0.280. The summed E-state index contributed by atoms with van der Waals surface area (Å²) < 4.78 is 22.6. The molecule has 5 rings (SSSR count). The first-order valence-corrected chi connectivity index (χ1v) is 11.3. The molecule has 1 aromatic carbocycles. The normalized spacial score (nSPS) is 16.7. The highest BCUT2D eigenvalue weighted by Gasteiger charge is 2.33. The van der Waals surface area contributed by atoms with E-state index in [0.29, 0.717) is 33.8 Å². The number of nitrogens with one attached hydrogen (secondary N) is 2. The first-order valence-electron chi connectivity index (χ1n) is 11.3. The van der Waals surface area contributed by atoms with Gasteiger partial charge in [0, 0.05) is 37.1 Å². The first kappa shape index (κ1) is 23.5. The summed E-state index contributed by atoms with van der Waals surface area (Å²) in [5.41, 5.74) is 3.33. The highest BCUT2D eigenvalue weighted by Crippen LogP contribution is 2.34. The largest absolute Gasteiger partial charge is 0.455 e. The molecule has 11 heteroatoms. The number of pyridine rings is 1. The fourth-order valence-electron chi connectivity index (χ4n) is 4.39. The quantitative estimate of drug-likeness (QED) is 0.428. The number of amides is 1. The third-order valence-corrected chi connectivity index (χ3v) is 6.19. The van der Waals surface area contributed by atoms with E-state index >= 15 is 0 Å². The van der Waals surface area contributed by atoms with Crippen molar-refractivity contribution in [2.24, 2.45) is 7.05 Å². The van der Waals surface area contributed by atoms with E-state index in [2.05, 4.69) is 20.7 Å². The maximum atomic E-state index is 14.7. The number of carbonyl (C=O) groups is 1. The van der Waals surface area contributed by atoms with Gasteiger partial charge in [-0.1, -0.05) is 0 Å². The molecule has 4 heterocycles. The van der Waals surface area contributed by atoms with E-state index in [-0.39, 0.29) is 16.4 Å². The average Bonchev–Trinajstić information content (AvgIpc) is 3.41. The molecule has 1 fully saturated rings. The van der Waals surface area contributed by atoms with Gasteiger partial charge in [-0.15, -0.1) is 5.06 Å². The van der Waals surface area contributed by atoms with Crippen molar-refractivity contribution in [3.8, 4) is 11.3 Å². The molecule has 3 aromatic heterocycles.